The molecule has 1 saturated heterocycles. The number of rotatable bonds is 4. The van der Waals surface area contributed by atoms with Gasteiger partial charge in [-0.1, -0.05) is 29.8 Å². The highest BCUT2D eigenvalue weighted by atomic mass is 35.5. The van der Waals surface area contributed by atoms with Crippen molar-refractivity contribution in [2.75, 3.05) is 11.9 Å². The first-order chi connectivity index (χ1) is 12.4. The summed E-state index contributed by atoms with van der Waals surface area (Å²) in [6.07, 6.45) is 1.30. The maximum atomic E-state index is 13.7. The average Bonchev–Trinajstić information content (AvgIpc) is 2.86. The van der Waals surface area contributed by atoms with Crippen molar-refractivity contribution in [2.45, 2.75) is 0 Å². The van der Waals surface area contributed by atoms with Crippen LogP contribution < -0.4 is 5.32 Å². The summed E-state index contributed by atoms with van der Waals surface area (Å²) in [6.45, 7) is -0.429. The predicted molar refractivity (Wildman–Crippen MR) is 99.2 cm³/mol. The molecule has 8 heteroatoms. The molecule has 0 atom stereocenters. The molecule has 2 aromatic rings. The van der Waals surface area contributed by atoms with Crippen molar-refractivity contribution >= 4 is 52.2 Å². The second-order valence-corrected chi connectivity index (χ2v) is 6.77. The third-order valence-electron chi connectivity index (χ3n) is 3.50. The van der Waals surface area contributed by atoms with Crippen molar-refractivity contribution in [3.63, 3.8) is 0 Å². The van der Waals surface area contributed by atoms with Crippen LogP contribution >= 0.6 is 23.4 Å². The van der Waals surface area contributed by atoms with Gasteiger partial charge in [0.15, 0.2) is 0 Å². The molecule has 0 saturated carbocycles. The lowest BCUT2D eigenvalue weighted by molar-refractivity contribution is -0.127. The number of thioether (sulfide) groups is 1. The number of hydrogen-bond donors (Lipinski definition) is 1. The molecule has 3 rings (SSSR count). The van der Waals surface area contributed by atoms with Gasteiger partial charge >= 0.3 is 0 Å². The topological polar surface area (TPSA) is 66.5 Å². The quantitative estimate of drug-likeness (QED) is 0.796. The number of nitrogens with one attached hydrogen (secondary N) is 1. The van der Waals surface area contributed by atoms with Gasteiger partial charge in [-0.3, -0.25) is 19.3 Å². The number of carbonyl (C=O) groups excluding carboxylic acids is 3. The fourth-order valence-electron chi connectivity index (χ4n) is 2.25. The lowest BCUT2D eigenvalue weighted by Crippen LogP contribution is -2.36. The third kappa shape index (κ3) is 4.12. The first kappa shape index (κ1) is 18.2. The second-order valence-electron chi connectivity index (χ2n) is 5.34. The minimum atomic E-state index is -0.630. The average molecular weight is 391 g/mol. The molecule has 1 aliphatic heterocycles. The van der Waals surface area contributed by atoms with Gasteiger partial charge in [0.1, 0.15) is 12.4 Å². The van der Waals surface area contributed by atoms with Crippen molar-refractivity contribution in [3.05, 3.63) is 69.8 Å². The molecule has 1 N–H and O–H groups in total. The van der Waals surface area contributed by atoms with E-state index in [0.29, 0.717) is 22.5 Å². The van der Waals surface area contributed by atoms with Gasteiger partial charge in [-0.15, -0.1) is 0 Å². The summed E-state index contributed by atoms with van der Waals surface area (Å²) in [6, 6.07) is 12.3. The molecule has 2 aromatic carbocycles. The fraction of sp³-hybridized carbons (Fsp3) is 0.0556. The fourth-order valence-corrected chi connectivity index (χ4v) is 3.20. The van der Waals surface area contributed by atoms with Crippen LogP contribution in [0, 0.1) is 5.82 Å². The van der Waals surface area contributed by atoms with Crippen molar-refractivity contribution in [1.29, 1.82) is 0 Å². The predicted octanol–water partition coefficient (Wildman–Crippen LogP) is 4.15. The van der Waals surface area contributed by atoms with E-state index >= 15 is 0 Å². The zero-order chi connectivity index (χ0) is 18.7. The molecule has 1 fully saturated rings. The standard InChI is InChI=1S/C18H12ClFN2O3S/c19-12-5-7-13(8-6-12)21-16(23)10-22-17(24)15(26-18(22)25)9-11-3-1-2-4-14(11)20/h1-9H,10H2,(H,21,23)/b15-9+. The Balaban J connectivity index is 1.70. The Bertz CT molecular complexity index is 915. The number of hydrogen-bond acceptors (Lipinski definition) is 4. The van der Waals surface area contributed by atoms with Crippen LogP contribution in [0.25, 0.3) is 6.08 Å². The van der Waals surface area contributed by atoms with Crippen molar-refractivity contribution in [3.8, 4) is 0 Å². The van der Waals surface area contributed by atoms with E-state index in [9.17, 15) is 18.8 Å². The van der Waals surface area contributed by atoms with E-state index in [-0.39, 0.29) is 10.5 Å². The van der Waals surface area contributed by atoms with E-state index in [0.717, 1.165) is 4.90 Å². The van der Waals surface area contributed by atoms with Crippen LogP contribution in [0.1, 0.15) is 5.56 Å². The Kier molecular flexibility index (Phi) is 5.39. The summed E-state index contributed by atoms with van der Waals surface area (Å²) in [5.41, 5.74) is 0.692. The first-order valence-corrected chi connectivity index (χ1v) is 8.69. The van der Waals surface area contributed by atoms with Gasteiger partial charge in [0.25, 0.3) is 11.1 Å². The van der Waals surface area contributed by atoms with Crippen LogP contribution in [0.4, 0.5) is 14.9 Å². The zero-order valence-electron chi connectivity index (χ0n) is 13.2. The lowest BCUT2D eigenvalue weighted by atomic mass is 10.2. The minimum absolute atomic E-state index is 0.0689. The molecule has 1 heterocycles. The molecule has 0 aliphatic carbocycles. The van der Waals surface area contributed by atoms with Crippen LogP contribution in [-0.2, 0) is 9.59 Å². The summed E-state index contributed by atoms with van der Waals surface area (Å²) in [7, 11) is 0. The highest BCUT2D eigenvalue weighted by Crippen LogP contribution is 2.32. The first-order valence-electron chi connectivity index (χ1n) is 7.49. The van der Waals surface area contributed by atoms with Crippen molar-refractivity contribution in [1.82, 2.24) is 4.90 Å². The summed E-state index contributed by atoms with van der Waals surface area (Å²) in [5.74, 6) is -1.66. The number of amides is 3. The zero-order valence-corrected chi connectivity index (χ0v) is 14.8. The van der Waals surface area contributed by atoms with Crippen LogP contribution in [0.3, 0.4) is 0 Å². The van der Waals surface area contributed by atoms with E-state index in [1.54, 1.807) is 30.3 Å². The van der Waals surface area contributed by atoms with Gasteiger partial charge in [-0.05, 0) is 48.2 Å². The van der Waals surface area contributed by atoms with Crippen molar-refractivity contribution < 1.29 is 18.8 Å². The van der Waals surface area contributed by atoms with E-state index in [1.165, 1.54) is 24.3 Å². The van der Waals surface area contributed by atoms with Gasteiger partial charge in [-0.25, -0.2) is 4.39 Å². The second kappa shape index (κ2) is 7.72. The molecule has 5 nitrogen and oxygen atoms in total. The summed E-state index contributed by atoms with van der Waals surface area (Å²) in [4.78, 5) is 37.4. The maximum absolute atomic E-state index is 13.7. The monoisotopic (exact) mass is 390 g/mol. The molecule has 0 spiro atoms. The molecule has 0 unspecified atom stereocenters. The number of nitrogens with zero attached hydrogens (tertiary/aromatic N) is 1. The van der Waals surface area contributed by atoms with Crippen LogP contribution in [-0.4, -0.2) is 28.5 Å². The largest absolute Gasteiger partial charge is 0.325 e. The van der Waals surface area contributed by atoms with Gasteiger partial charge in [0, 0.05) is 16.3 Å². The molecule has 26 heavy (non-hydrogen) atoms. The number of halogens is 2. The maximum Gasteiger partial charge on any atom is 0.294 e. The normalized spacial score (nSPS) is 15.6. The Labute approximate surface area is 157 Å². The molecule has 3 amide bonds. The molecule has 0 radical (unpaired) electrons. The van der Waals surface area contributed by atoms with Crippen LogP contribution in [0.2, 0.25) is 5.02 Å². The molecular formula is C18H12ClFN2O3S. The molecule has 1 aliphatic rings. The molecule has 0 bridgehead atoms. The Hall–Kier alpha value is -2.64. The highest BCUT2D eigenvalue weighted by molar-refractivity contribution is 8.18. The Morgan fingerprint density at radius 1 is 1.15 bits per heavy atom. The van der Waals surface area contributed by atoms with Gasteiger partial charge in [0.05, 0.1) is 4.91 Å². The van der Waals surface area contributed by atoms with E-state index < -0.39 is 29.4 Å². The molecule has 0 aromatic heterocycles. The number of anilines is 1. The molecular weight excluding hydrogens is 379 g/mol. The number of carbonyl (C=O) groups is 3. The molecule has 132 valence electrons. The highest BCUT2D eigenvalue weighted by Gasteiger charge is 2.36. The third-order valence-corrected chi connectivity index (χ3v) is 4.65. The Morgan fingerprint density at radius 3 is 2.54 bits per heavy atom. The lowest BCUT2D eigenvalue weighted by Gasteiger charge is -2.12. The van der Waals surface area contributed by atoms with Crippen molar-refractivity contribution in [2.24, 2.45) is 0 Å². The van der Waals surface area contributed by atoms with E-state index in [1.807, 2.05) is 0 Å². The number of benzene rings is 2. The summed E-state index contributed by atoms with van der Waals surface area (Å²) < 4.78 is 13.7. The Morgan fingerprint density at radius 2 is 1.85 bits per heavy atom. The SMILES string of the molecule is O=C(CN1C(=O)S/C(=C/c2ccccc2F)C1=O)Nc1ccc(Cl)cc1. The van der Waals surface area contributed by atoms with E-state index in [4.69, 9.17) is 11.6 Å². The van der Waals surface area contributed by atoms with Gasteiger partial charge < -0.3 is 5.32 Å². The van der Waals surface area contributed by atoms with Gasteiger partial charge in [-0.2, -0.15) is 0 Å². The van der Waals surface area contributed by atoms with Crippen LogP contribution in [0.15, 0.2) is 53.4 Å². The summed E-state index contributed by atoms with van der Waals surface area (Å²) >= 11 is 6.44. The minimum Gasteiger partial charge on any atom is -0.325 e. The smallest absolute Gasteiger partial charge is 0.294 e. The van der Waals surface area contributed by atoms with Crippen LogP contribution in [0.5, 0.6) is 0 Å². The van der Waals surface area contributed by atoms with Gasteiger partial charge in [0.2, 0.25) is 5.91 Å². The number of imide groups is 1. The van der Waals surface area contributed by atoms with E-state index in [2.05, 4.69) is 5.32 Å². The summed E-state index contributed by atoms with van der Waals surface area (Å²) in [5, 5.41) is 2.52.